The fraction of sp³-hybridized carbons (Fsp3) is 0.733. The lowest BCUT2D eigenvalue weighted by atomic mass is 10.2. The average Bonchev–Trinajstić information content (AvgIpc) is 2.67. The number of amides is 1. The summed E-state index contributed by atoms with van der Waals surface area (Å²) in [6.07, 6.45) is -4.40. The number of carbonyl (C=O) groups is 1. The maximum atomic E-state index is 12.6. The van der Waals surface area contributed by atoms with Crippen LogP contribution in [0.25, 0.3) is 0 Å². The van der Waals surface area contributed by atoms with E-state index >= 15 is 0 Å². The number of rotatable bonds is 7. The third-order valence-corrected chi connectivity index (χ3v) is 3.32. The molecule has 0 saturated heterocycles. The lowest BCUT2D eigenvalue weighted by molar-refractivity contribution is -0.162. The summed E-state index contributed by atoms with van der Waals surface area (Å²) in [6, 6.07) is 0. The van der Waals surface area contributed by atoms with Crippen LogP contribution in [-0.2, 0) is 11.3 Å². The fourth-order valence-corrected chi connectivity index (χ4v) is 2.30. The van der Waals surface area contributed by atoms with E-state index in [0.29, 0.717) is 12.3 Å². The molecule has 5 nitrogen and oxygen atoms in total. The first kappa shape index (κ1) is 19.5. The summed E-state index contributed by atoms with van der Waals surface area (Å²) in [5.41, 5.74) is 1.57. The molecule has 1 aromatic rings. The molecule has 0 N–H and O–H groups in total. The highest BCUT2D eigenvalue weighted by atomic mass is 19.4. The van der Waals surface area contributed by atoms with E-state index in [2.05, 4.69) is 5.16 Å². The molecule has 0 bridgehead atoms. The van der Waals surface area contributed by atoms with Crippen molar-refractivity contribution in [2.45, 2.75) is 40.4 Å². The predicted octanol–water partition coefficient (Wildman–Crippen LogP) is 2.77. The molecule has 1 rings (SSSR count). The number of nitrogens with zero attached hydrogens (tertiary/aromatic N) is 3. The van der Waals surface area contributed by atoms with E-state index in [1.807, 2.05) is 0 Å². The Morgan fingerprint density at radius 2 is 1.91 bits per heavy atom. The van der Waals surface area contributed by atoms with E-state index in [1.54, 1.807) is 39.6 Å². The number of likely N-dealkylation sites (N-methyl/N-ethyl adjacent to an activating group) is 1. The molecular weight excluding hydrogens is 311 g/mol. The quantitative estimate of drug-likeness (QED) is 0.769. The second-order valence-corrected chi connectivity index (χ2v) is 6.26. The number of hydrogen-bond acceptors (Lipinski definition) is 4. The predicted molar refractivity (Wildman–Crippen MR) is 79.8 cm³/mol. The number of aryl methyl sites for hydroxylation is 2. The zero-order chi connectivity index (χ0) is 17.8. The highest BCUT2D eigenvalue weighted by Crippen LogP contribution is 2.18. The summed E-state index contributed by atoms with van der Waals surface area (Å²) >= 11 is 0. The Bertz CT molecular complexity index is 507. The highest BCUT2D eigenvalue weighted by molar-refractivity contribution is 5.78. The van der Waals surface area contributed by atoms with Gasteiger partial charge in [-0.25, -0.2) is 0 Å². The van der Waals surface area contributed by atoms with Gasteiger partial charge in [0.15, 0.2) is 0 Å². The molecule has 1 amide bonds. The first-order valence-electron chi connectivity index (χ1n) is 7.44. The molecule has 0 atom stereocenters. The van der Waals surface area contributed by atoms with E-state index in [9.17, 15) is 18.0 Å². The van der Waals surface area contributed by atoms with Crippen LogP contribution in [0.4, 0.5) is 13.2 Å². The van der Waals surface area contributed by atoms with Gasteiger partial charge in [-0.05, 0) is 26.8 Å². The zero-order valence-electron chi connectivity index (χ0n) is 14.2. The van der Waals surface area contributed by atoms with Crippen LogP contribution in [-0.4, -0.2) is 53.7 Å². The van der Waals surface area contributed by atoms with Crippen molar-refractivity contribution in [3.8, 4) is 0 Å². The Hall–Kier alpha value is -1.57. The normalized spacial score (nSPS) is 12.3. The van der Waals surface area contributed by atoms with Gasteiger partial charge in [0, 0.05) is 18.7 Å². The van der Waals surface area contributed by atoms with Crippen LogP contribution in [0.1, 0.15) is 30.9 Å². The number of carbonyl (C=O) groups excluding carboxylic acids is 1. The molecule has 8 heteroatoms. The van der Waals surface area contributed by atoms with Gasteiger partial charge in [-0.1, -0.05) is 19.0 Å². The van der Waals surface area contributed by atoms with Gasteiger partial charge in [0.2, 0.25) is 5.91 Å². The lowest BCUT2D eigenvalue weighted by Gasteiger charge is -2.27. The Kier molecular flexibility index (Phi) is 6.61. The van der Waals surface area contributed by atoms with Crippen LogP contribution in [0.5, 0.6) is 0 Å². The first-order valence-corrected chi connectivity index (χ1v) is 7.44. The van der Waals surface area contributed by atoms with E-state index < -0.39 is 18.6 Å². The number of alkyl halides is 3. The van der Waals surface area contributed by atoms with Crippen LogP contribution in [0.2, 0.25) is 0 Å². The van der Waals surface area contributed by atoms with Crippen molar-refractivity contribution in [1.82, 2.24) is 15.0 Å². The molecule has 0 radical (unpaired) electrons. The van der Waals surface area contributed by atoms with Crippen molar-refractivity contribution in [1.29, 1.82) is 0 Å². The Labute approximate surface area is 134 Å². The molecule has 0 aliphatic rings. The Morgan fingerprint density at radius 1 is 1.30 bits per heavy atom. The minimum atomic E-state index is -4.40. The van der Waals surface area contributed by atoms with Gasteiger partial charge in [0.1, 0.15) is 12.3 Å². The van der Waals surface area contributed by atoms with Gasteiger partial charge in [0.25, 0.3) is 0 Å². The van der Waals surface area contributed by atoms with Crippen LogP contribution in [0.3, 0.4) is 0 Å². The molecule has 0 aromatic carbocycles. The summed E-state index contributed by atoms with van der Waals surface area (Å²) in [5.74, 6) is 0.0792. The van der Waals surface area contributed by atoms with Crippen molar-refractivity contribution in [2.24, 2.45) is 5.92 Å². The number of hydrogen-bond donors (Lipinski definition) is 0. The van der Waals surface area contributed by atoms with Gasteiger partial charge in [0.05, 0.1) is 12.2 Å². The largest absolute Gasteiger partial charge is 0.406 e. The first-order chi connectivity index (χ1) is 10.5. The minimum Gasteiger partial charge on any atom is -0.361 e. The van der Waals surface area contributed by atoms with Crippen molar-refractivity contribution in [3.05, 3.63) is 17.0 Å². The molecule has 0 aliphatic carbocycles. The van der Waals surface area contributed by atoms with Crippen molar-refractivity contribution >= 4 is 5.91 Å². The summed E-state index contributed by atoms with van der Waals surface area (Å²) in [4.78, 5) is 14.7. The average molecular weight is 335 g/mol. The van der Waals surface area contributed by atoms with Gasteiger partial charge in [-0.15, -0.1) is 0 Å². The number of aromatic nitrogens is 1. The van der Waals surface area contributed by atoms with E-state index in [0.717, 1.165) is 16.2 Å². The molecule has 132 valence electrons. The standard InChI is InChI=1S/C15H24F3N3O2/c1-10(2)6-21(9-15(16,17)18)14(22)8-20(5)7-13-11(3)19-23-12(13)4/h10H,6-9H2,1-5H3. The van der Waals surface area contributed by atoms with Gasteiger partial charge in [-0.2, -0.15) is 13.2 Å². The highest BCUT2D eigenvalue weighted by Gasteiger charge is 2.33. The Morgan fingerprint density at radius 3 is 2.35 bits per heavy atom. The summed E-state index contributed by atoms with van der Waals surface area (Å²) in [7, 11) is 1.69. The second-order valence-electron chi connectivity index (χ2n) is 6.26. The van der Waals surface area contributed by atoms with Crippen LogP contribution in [0.15, 0.2) is 4.52 Å². The SMILES string of the molecule is Cc1noc(C)c1CN(C)CC(=O)N(CC(C)C)CC(F)(F)F. The summed E-state index contributed by atoms with van der Waals surface area (Å²) < 4.78 is 43.0. The maximum absolute atomic E-state index is 12.6. The molecule has 0 spiro atoms. The number of halogens is 3. The molecule has 0 unspecified atom stereocenters. The Balaban J connectivity index is 2.69. The monoisotopic (exact) mass is 335 g/mol. The molecule has 0 saturated carbocycles. The maximum Gasteiger partial charge on any atom is 0.406 e. The molecule has 0 fully saturated rings. The topological polar surface area (TPSA) is 49.6 Å². The summed E-state index contributed by atoms with van der Waals surface area (Å²) in [6.45, 7) is 6.28. The second kappa shape index (κ2) is 7.81. The molecular formula is C15H24F3N3O2. The van der Waals surface area contributed by atoms with Crippen molar-refractivity contribution in [2.75, 3.05) is 26.7 Å². The van der Waals surface area contributed by atoms with Crippen molar-refractivity contribution < 1.29 is 22.5 Å². The van der Waals surface area contributed by atoms with E-state index in [-0.39, 0.29) is 19.0 Å². The van der Waals surface area contributed by atoms with Gasteiger partial charge in [-0.3, -0.25) is 9.69 Å². The lowest BCUT2D eigenvalue weighted by Crippen LogP contribution is -2.45. The van der Waals surface area contributed by atoms with Crippen LogP contribution >= 0.6 is 0 Å². The fourth-order valence-electron chi connectivity index (χ4n) is 2.30. The van der Waals surface area contributed by atoms with Crippen LogP contribution in [0, 0.1) is 19.8 Å². The zero-order valence-corrected chi connectivity index (χ0v) is 14.2. The molecule has 1 heterocycles. The van der Waals surface area contributed by atoms with Crippen molar-refractivity contribution in [3.63, 3.8) is 0 Å². The minimum absolute atomic E-state index is 0.0332. The molecule has 1 aromatic heterocycles. The summed E-state index contributed by atoms with van der Waals surface area (Å²) in [5, 5.41) is 3.83. The van der Waals surface area contributed by atoms with E-state index in [4.69, 9.17) is 4.52 Å². The molecule has 23 heavy (non-hydrogen) atoms. The molecule has 0 aliphatic heterocycles. The third kappa shape index (κ3) is 6.60. The third-order valence-electron chi connectivity index (χ3n) is 3.32. The van der Waals surface area contributed by atoms with Crippen LogP contribution < -0.4 is 0 Å². The van der Waals surface area contributed by atoms with Gasteiger partial charge < -0.3 is 9.42 Å². The van der Waals surface area contributed by atoms with E-state index in [1.165, 1.54) is 0 Å². The van der Waals surface area contributed by atoms with Gasteiger partial charge >= 0.3 is 6.18 Å². The smallest absolute Gasteiger partial charge is 0.361 e.